The van der Waals surface area contributed by atoms with Crippen molar-refractivity contribution in [2.24, 2.45) is 5.92 Å². The zero-order valence-corrected chi connectivity index (χ0v) is 9.43. The summed E-state index contributed by atoms with van der Waals surface area (Å²) in [5.74, 6) is 0.696. The van der Waals surface area contributed by atoms with Gasteiger partial charge < -0.3 is 0 Å². The second-order valence-corrected chi connectivity index (χ2v) is 4.48. The molecule has 1 atom stereocenters. The smallest absolute Gasteiger partial charge is 0.0409 e. The summed E-state index contributed by atoms with van der Waals surface area (Å²) in [5.41, 5.74) is 4.28. The van der Waals surface area contributed by atoms with Gasteiger partial charge in [-0.3, -0.25) is 0 Å². The zero-order chi connectivity index (χ0) is 10.1. The lowest BCUT2D eigenvalue weighted by Gasteiger charge is -2.08. The Balaban J connectivity index is 2.28. The molecule has 0 amide bonds. The van der Waals surface area contributed by atoms with E-state index in [1.54, 1.807) is 5.57 Å². The van der Waals surface area contributed by atoms with Crippen molar-refractivity contribution in [1.29, 1.82) is 0 Å². The third-order valence-electron chi connectivity index (χ3n) is 3.09. The highest BCUT2D eigenvalue weighted by Gasteiger charge is 2.16. The summed E-state index contributed by atoms with van der Waals surface area (Å²) in [7, 11) is 0. The Labute approximate surface area is 90.6 Å². The minimum atomic E-state index is 0.696. The first-order valence-corrected chi connectivity index (χ1v) is 5.57. The molecule has 1 aliphatic rings. The van der Waals surface area contributed by atoms with Gasteiger partial charge in [-0.2, -0.15) is 0 Å². The van der Waals surface area contributed by atoms with Gasteiger partial charge in [0, 0.05) is 5.02 Å². The molecule has 1 aromatic carbocycles. The lowest BCUT2D eigenvalue weighted by Crippen LogP contribution is -1.96. The Morgan fingerprint density at radius 2 is 2.21 bits per heavy atom. The highest BCUT2D eigenvalue weighted by atomic mass is 35.5. The van der Waals surface area contributed by atoms with Crippen LogP contribution < -0.4 is 0 Å². The van der Waals surface area contributed by atoms with Crippen molar-refractivity contribution in [3.63, 3.8) is 0 Å². The first kappa shape index (κ1) is 9.79. The van der Waals surface area contributed by atoms with E-state index < -0.39 is 0 Å². The lowest BCUT2D eigenvalue weighted by molar-refractivity contribution is 0.647. The van der Waals surface area contributed by atoms with E-state index in [4.69, 9.17) is 11.6 Å². The van der Waals surface area contributed by atoms with E-state index in [1.807, 2.05) is 6.07 Å². The van der Waals surface area contributed by atoms with Gasteiger partial charge in [0.25, 0.3) is 0 Å². The van der Waals surface area contributed by atoms with E-state index in [1.165, 1.54) is 17.5 Å². The predicted octanol–water partition coefficient (Wildman–Crippen LogP) is 4.33. The van der Waals surface area contributed by atoms with Gasteiger partial charge in [-0.15, -0.1) is 0 Å². The number of rotatable bonds is 2. The molecule has 0 radical (unpaired) electrons. The van der Waals surface area contributed by atoms with Crippen molar-refractivity contribution >= 4 is 17.7 Å². The summed E-state index contributed by atoms with van der Waals surface area (Å²) in [6.45, 7) is 4.53. The lowest BCUT2D eigenvalue weighted by atomic mass is 9.97. The summed E-state index contributed by atoms with van der Waals surface area (Å²) in [6, 6.07) is 6.17. The Bertz CT molecular complexity index is 377. The molecule has 0 saturated heterocycles. The van der Waals surface area contributed by atoms with Crippen LogP contribution in [0.3, 0.4) is 0 Å². The molecule has 0 aliphatic heterocycles. The van der Waals surface area contributed by atoms with Crippen molar-refractivity contribution in [1.82, 2.24) is 0 Å². The summed E-state index contributed by atoms with van der Waals surface area (Å²) in [5, 5.41) is 0.850. The molecule has 0 aromatic heterocycles. The molecule has 0 bridgehead atoms. The minimum absolute atomic E-state index is 0.696. The van der Waals surface area contributed by atoms with Crippen molar-refractivity contribution in [2.45, 2.75) is 26.7 Å². The van der Waals surface area contributed by atoms with Crippen molar-refractivity contribution < 1.29 is 0 Å². The second kappa shape index (κ2) is 3.78. The third kappa shape index (κ3) is 1.72. The number of fused-ring (bicyclic) bond motifs is 1. The first-order chi connectivity index (χ1) is 6.70. The molecule has 0 nitrogen and oxygen atoms in total. The van der Waals surface area contributed by atoms with Crippen molar-refractivity contribution in [2.75, 3.05) is 0 Å². The van der Waals surface area contributed by atoms with Crippen molar-refractivity contribution in [3.8, 4) is 0 Å². The van der Waals surface area contributed by atoms with Crippen LogP contribution in [0.4, 0.5) is 0 Å². The number of halogens is 1. The monoisotopic (exact) mass is 206 g/mol. The van der Waals surface area contributed by atoms with Crippen LogP contribution in [0.15, 0.2) is 23.8 Å². The van der Waals surface area contributed by atoms with E-state index in [0.717, 1.165) is 11.4 Å². The number of hydrogen-bond acceptors (Lipinski definition) is 0. The Morgan fingerprint density at radius 1 is 1.43 bits per heavy atom. The Hall–Kier alpha value is -0.750. The first-order valence-electron chi connectivity index (χ1n) is 5.19. The zero-order valence-electron chi connectivity index (χ0n) is 8.68. The molecule has 1 aliphatic carbocycles. The maximum atomic E-state index is 5.96. The summed E-state index contributed by atoms with van der Waals surface area (Å²) in [6.07, 6.45) is 4.62. The van der Waals surface area contributed by atoms with Crippen LogP contribution in [0.25, 0.3) is 6.08 Å². The quantitative estimate of drug-likeness (QED) is 0.676. The fourth-order valence-corrected chi connectivity index (χ4v) is 2.11. The van der Waals surface area contributed by atoms with Gasteiger partial charge in [-0.1, -0.05) is 43.2 Å². The molecule has 0 spiro atoms. The molecule has 1 heteroatoms. The number of allylic oxidation sites excluding steroid dienone is 1. The van der Waals surface area contributed by atoms with E-state index in [2.05, 4.69) is 32.1 Å². The largest absolute Gasteiger partial charge is 0.0843 e. The van der Waals surface area contributed by atoms with Crippen LogP contribution in [-0.4, -0.2) is 0 Å². The standard InChI is InChI=1S/C13H15Cl/c1-3-9(2)11-6-10-4-5-13(14)8-12(10)7-11/h4-6,8-9H,3,7H2,1-2H3. The molecule has 74 valence electrons. The third-order valence-corrected chi connectivity index (χ3v) is 3.32. The molecule has 14 heavy (non-hydrogen) atoms. The van der Waals surface area contributed by atoms with Crippen LogP contribution in [0.5, 0.6) is 0 Å². The van der Waals surface area contributed by atoms with Gasteiger partial charge in [-0.25, -0.2) is 0 Å². The minimum Gasteiger partial charge on any atom is -0.0843 e. The summed E-state index contributed by atoms with van der Waals surface area (Å²) >= 11 is 5.96. The van der Waals surface area contributed by atoms with Gasteiger partial charge >= 0.3 is 0 Å². The summed E-state index contributed by atoms with van der Waals surface area (Å²) in [4.78, 5) is 0. The topological polar surface area (TPSA) is 0 Å². The molecule has 0 saturated carbocycles. The van der Waals surface area contributed by atoms with Crippen LogP contribution in [0, 0.1) is 5.92 Å². The fraction of sp³-hybridized carbons (Fsp3) is 0.385. The van der Waals surface area contributed by atoms with Gasteiger partial charge in [0.2, 0.25) is 0 Å². The predicted molar refractivity (Wildman–Crippen MR) is 62.6 cm³/mol. The van der Waals surface area contributed by atoms with Gasteiger partial charge in [-0.05, 0) is 42.0 Å². The normalized spacial score (nSPS) is 16.4. The maximum Gasteiger partial charge on any atom is 0.0409 e. The molecule has 1 aromatic rings. The Kier molecular flexibility index (Phi) is 2.64. The maximum absolute atomic E-state index is 5.96. The summed E-state index contributed by atoms with van der Waals surface area (Å²) < 4.78 is 0. The molecule has 1 unspecified atom stereocenters. The highest BCUT2D eigenvalue weighted by molar-refractivity contribution is 6.30. The molecule has 2 rings (SSSR count). The molecule has 0 fully saturated rings. The van der Waals surface area contributed by atoms with Gasteiger partial charge in [0.15, 0.2) is 0 Å². The van der Waals surface area contributed by atoms with E-state index >= 15 is 0 Å². The fourth-order valence-electron chi connectivity index (χ4n) is 1.92. The van der Waals surface area contributed by atoms with Crippen LogP contribution >= 0.6 is 11.6 Å². The molecular formula is C13H15Cl. The SMILES string of the molecule is CCC(C)C1=Cc2ccc(Cl)cc2C1. The van der Waals surface area contributed by atoms with Gasteiger partial charge in [0.1, 0.15) is 0 Å². The van der Waals surface area contributed by atoms with Crippen LogP contribution in [-0.2, 0) is 6.42 Å². The second-order valence-electron chi connectivity index (χ2n) is 4.05. The van der Waals surface area contributed by atoms with E-state index in [9.17, 15) is 0 Å². The molecule has 0 N–H and O–H groups in total. The average Bonchev–Trinajstić information content (AvgIpc) is 2.59. The Morgan fingerprint density at radius 3 is 2.93 bits per heavy atom. The van der Waals surface area contributed by atoms with Gasteiger partial charge in [0.05, 0.1) is 0 Å². The van der Waals surface area contributed by atoms with Crippen LogP contribution in [0.1, 0.15) is 31.4 Å². The molecule has 0 heterocycles. The highest BCUT2D eigenvalue weighted by Crippen LogP contribution is 2.32. The van der Waals surface area contributed by atoms with Crippen molar-refractivity contribution in [3.05, 3.63) is 39.9 Å². The van der Waals surface area contributed by atoms with Crippen LogP contribution in [0.2, 0.25) is 5.02 Å². The van der Waals surface area contributed by atoms with E-state index in [-0.39, 0.29) is 0 Å². The van der Waals surface area contributed by atoms with E-state index in [0.29, 0.717) is 5.92 Å². The average molecular weight is 207 g/mol. The molecular weight excluding hydrogens is 192 g/mol. The number of benzene rings is 1. The number of hydrogen-bond donors (Lipinski definition) is 0.